The molecule has 1 fully saturated rings. The van der Waals surface area contributed by atoms with E-state index in [-0.39, 0.29) is 11.9 Å². The zero-order valence-corrected chi connectivity index (χ0v) is 13.5. The Kier molecular flexibility index (Phi) is 6.64. The first-order valence-electron chi connectivity index (χ1n) is 7.66. The number of halogens is 2. The van der Waals surface area contributed by atoms with Crippen molar-refractivity contribution < 1.29 is 13.6 Å². The molecule has 1 aromatic rings. The van der Waals surface area contributed by atoms with Crippen LogP contribution in [0.15, 0.2) is 29.2 Å². The third-order valence-electron chi connectivity index (χ3n) is 3.91. The Morgan fingerprint density at radius 2 is 1.73 bits per heavy atom. The van der Waals surface area contributed by atoms with Crippen molar-refractivity contribution in [2.24, 2.45) is 0 Å². The van der Waals surface area contributed by atoms with Gasteiger partial charge in [0.2, 0.25) is 5.91 Å². The van der Waals surface area contributed by atoms with Gasteiger partial charge in [-0.25, -0.2) is 0 Å². The highest BCUT2D eigenvalue weighted by molar-refractivity contribution is 7.99. The van der Waals surface area contributed by atoms with E-state index >= 15 is 0 Å². The SMILES string of the molecule is C[C@H](C(=O)Nc1ccc(SC(F)F)cc1)N1CCCCCC1. The minimum absolute atomic E-state index is 0.0452. The van der Waals surface area contributed by atoms with Gasteiger partial charge in [-0.05, 0) is 57.1 Å². The van der Waals surface area contributed by atoms with Gasteiger partial charge in [-0.15, -0.1) is 0 Å². The summed E-state index contributed by atoms with van der Waals surface area (Å²) < 4.78 is 24.5. The second-order valence-electron chi connectivity index (χ2n) is 5.52. The number of hydrogen-bond donors (Lipinski definition) is 1. The number of likely N-dealkylation sites (tertiary alicyclic amines) is 1. The molecule has 0 aliphatic carbocycles. The van der Waals surface area contributed by atoms with Crippen molar-refractivity contribution in [2.45, 2.75) is 49.3 Å². The van der Waals surface area contributed by atoms with E-state index in [0.29, 0.717) is 22.3 Å². The molecule has 1 aromatic carbocycles. The number of thioether (sulfide) groups is 1. The molecule has 1 N–H and O–H groups in total. The molecule has 1 saturated heterocycles. The molecule has 0 radical (unpaired) electrons. The fourth-order valence-corrected chi connectivity index (χ4v) is 3.11. The summed E-state index contributed by atoms with van der Waals surface area (Å²) in [4.78, 5) is 15.0. The molecular formula is C16H22F2N2OS. The lowest BCUT2D eigenvalue weighted by Crippen LogP contribution is -2.42. The number of carbonyl (C=O) groups excluding carboxylic acids is 1. The van der Waals surface area contributed by atoms with Crippen LogP contribution in [0.2, 0.25) is 0 Å². The molecule has 22 heavy (non-hydrogen) atoms. The molecule has 1 aliphatic heterocycles. The lowest BCUT2D eigenvalue weighted by Gasteiger charge is -2.26. The zero-order chi connectivity index (χ0) is 15.9. The minimum Gasteiger partial charge on any atom is -0.325 e. The van der Waals surface area contributed by atoms with Gasteiger partial charge in [0, 0.05) is 10.6 Å². The fraction of sp³-hybridized carbons (Fsp3) is 0.562. The summed E-state index contributed by atoms with van der Waals surface area (Å²) >= 11 is 0.503. The monoisotopic (exact) mass is 328 g/mol. The number of carbonyl (C=O) groups is 1. The van der Waals surface area contributed by atoms with E-state index in [2.05, 4.69) is 10.2 Å². The molecule has 2 rings (SSSR count). The summed E-state index contributed by atoms with van der Waals surface area (Å²) in [5.74, 6) is -2.47. The lowest BCUT2D eigenvalue weighted by atomic mass is 10.2. The zero-order valence-electron chi connectivity index (χ0n) is 12.7. The van der Waals surface area contributed by atoms with Crippen LogP contribution >= 0.6 is 11.8 Å². The second kappa shape index (κ2) is 8.48. The van der Waals surface area contributed by atoms with Gasteiger partial charge in [-0.3, -0.25) is 9.69 Å². The Balaban J connectivity index is 1.90. The normalized spacial score (nSPS) is 18.0. The Bertz CT molecular complexity index is 474. The molecule has 1 aliphatic rings. The number of amides is 1. The summed E-state index contributed by atoms with van der Waals surface area (Å²) in [6, 6.07) is 6.36. The largest absolute Gasteiger partial charge is 0.325 e. The van der Waals surface area contributed by atoms with Gasteiger partial charge in [0.15, 0.2) is 0 Å². The van der Waals surface area contributed by atoms with Crippen molar-refractivity contribution in [1.29, 1.82) is 0 Å². The van der Waals surface area contributed by atoms with E-state index in [1.165, 1.54) is 12.8 Å². The predicted octanol–water partition coefficient (Wildman–Crippen LogP) is 4.20. The summed E-state index contributed by atoms with van der Waals surface area (Å²) in [5.41, 5.74) is 0.644. The minimum atomic E-state index is -2.43. The highest BCUT2D eigenvalue weighted by atomic mass is 32.2. The molecule has 1 atom stereocenters. The van der Waals surface area contributed by atoms with Gasteiger partial charge < -0.3 is 5.32 Å². The van der Waals surface area contributed by atoms with Crippen LogP contribution in [0.25, 0.3) is 0 Å². The number of alkyl halides is 2. The molecule has 0 unspecified atom stereocenters. The van der Waals surface area contributed by atoms with Crippen LogP contribution in [0.1, 0.15) is 32.6 Å². The molecule has 0 aromatic heterocycles. The molecule has 6 heteroatoms. The van der Waals surface area contributed by atoms with Crippen molar-refractivity contribution >= 4 is 23.4 Å². The van der Waals surface area contributed by atoms with E-state index < -0.39 is 5.76 Å². The van der Waals surface area contributed by atoms with Crippen molar-refractivity contribution in [3.8, 4) is 0 Å². The fourth-order valence-electron chi connectivity index (χ4n) is 2.61. The molecule has 0 bridgehead atoms. The summed E-state index contributed by atoms with van der Waals surface area (Å²) in [7, 11) is 0. The van der Waals surface area contributed by atoms with Crippen molar-refractivity contribution in [3.63, 3.8) is 0 Å². The number of rotatable bonds is 5. The summed E-state index contributed by atoms with van der Waals surface area (Å²) in [6.07, 6.45) is 4.73. The van der Waals surface area contributed by atoms with Crippen LogP contribution in [0, 0.1) is 0 Å². The molecule has 122 valence electrons. The molecule has 1 amide bonds. The van der Waals surface area contributed by atoms with Crippen LogP contribution in [0.3, 0.4) is 0 Å². The maximum Gasteiger partial charge on any atom is 0.288 e. The maximum atomic E-state index is 12.3. The van der Waals surface area contributed by atoms with Gasteiger partial charge in [-0.1, -0.05) is 24.6 Å². The van der Waals surface area contributed by atoms with Crippen LogP contribution in [-0.4, -0.2) is 35.7 Å². The highest BCUT2D eigenvalue weighted by Crippen LogP contribution is 2.26. The first kappa shape index (κ1) is 17.2. The average Bonchev–Trinajstić information content (AvgIpc) is 2.77. The first-order valence-corrected chi connectivity index (χ1v) is 8.54. The van der Waals surface area contributed by atoms with E-state index in [1.54, 1.807) is 24.3 Å². The van der Waals surface area contributed by atoms with Gasteiger partial charge in [0.1, 0.15) is 0 Å². The van der Waals surface area contributed by atoms with Crippen LogP contribution in [0.4, 0.5) is 14.5 Å². The summed E-state index contributed by atoms with van der Waals surface area (Å²) in [6.45, 7) is 3.83. The molecule has 3 nitrogen and oxygen atoms in total. The van der Waals surface area contributed by atoms with Crippen molar-refractivity contribution in [1.82, 2.24) is 4.90 Å². The van der Waals surface area contributed by atoms with Gasteiger partial charge in [-0.2, -0.15) is 8.78 Å². The quantitative estimate of drug-likeness (QED) is 0.822. The Morgan fingerprint density at radius 1 is 1.14 bits per heavy atom. The van der Waals surface area contributed by atoms with Crippen LogP contribution in [-0.2, 0) is 4.79 Å². The van der Waals surface area contributed by atoms with E-state index in [4.69, 9.17) is 0 Å². The Labute approximate surface area is 134 Å². The van der Waals surface area contributed by atoms with E-state index in [1.807, 2.05) is 6.92 Å². The van der Waals surface area contributed by atoms with Crippen molar-refractivity contribution in [2.75, 3.05) is 18.4 Å². The third kappa shape index (κ3) is 5.25. The van der Waals surface area contributed by atoms with Gasteiger partial charge in [0.25, 0.3) is 5.76 Å². The van der Waals surface area contributed by atoms with E-state index in [9.17, 15) is 13.6 Å². The Hall–Kier alpha value is -1.14. The third-order valence-corrected chi connectivity index (χ3v) is 4.64. The predicted molar refractivity (Wildman–Crippen MR) is 86.4 cm³/mol. The standard InChI is InChI=1S/C16H22F2N2OS/c1-12(20-10-4-2-3-5-11-20)15(21)19-13-6-8-14(9-7-13)22-16(17)18/h6-9,12,16H,2-5,10-11H2,1H3,(H,19,21)/t12-/m1/s1. The highest BCUT2D eigenvalue weighted by Gasteiger charge is 2.22. The number of anilines is 1. The van der Waals surface area contributed by atoms with E-state index in [0.717, 1.165) is 25.9 Å². The number of nitrogens with zero attached hydrogens (tertiary/aromatic N) is 1. The smallest absolute Gasteiger partial charge is 0.288 e. The van der Waals surface area contributed by atoms with Crippen molar-refractivity contribution in [3.05, 3.63) is 24.3 Å². The number of nitrogens with one attached hydrogen (secondary N) is 1. The first-order chi connectivity index (χ1) is 10.6. The summed E-state index contributed by atoms with van der Waals surface area (Å²) in [5, 5.41) is 2.86. The lowest BCUT2D eigenvalue weighted by molar-refractivity contribution is -0.120. The van der Waals surface area contributed by atoms with Crippen LogP contribution in [0.5, 0.6) is 0 Å². The van der Waals surface area contributed by atoms with Gasteiger partial charge in [0.05, 0.1) is 6.04 Å². The van der Waals surface area contributed by atoms with Crippen LogP contribution < -0.4 is 5.32 Å². The average molecular weight is 328 g/mol. The molecule has 1 heterocycles. The molecular weight excluding hydrogens is 306 g/mol. The molecule has 0 spiro atoms. The topological polar surface area (TPSA) is 32.3 Å². The second-order valence-corrected chi connectivity index (χ2v) is 6.58. The molecule has 0 saturated carbocycles. The number of benzene rings is 1. The Morgan fingerprint density at radius 3 is 2.27 bits per heavy atom. The maximum absolute atomic E-state index is 12.3. The number of hydrogen-bond acceptors (Lipinski definition) is 3. The van der Waals surface area contributed by atoms with Gasteiger partial charge >= 0.3 is 0 Å².